The minimum atomic E-state index is 0.0408. The molecule has 0 heterocycles. The summed E-state index contributed by atoms with van der Waals surface area (Å²) in [5, 5.41) is 8.80. The highest BCUT2D eigenvalue weighted by molar-refractivity contribution is 5.47. The van der Waals surface area contributed by atoms with Crippen molar-refractivity contribution in [3.05, 3.63) is 0 Å². The quantitative estimate of drug-likeness (QED) is 0.568. The van der Waals surface area contributed by atoms with Crippen LogP contribution >= 0.6 is 0 Å². The molecule has 0 radical (unpaired) electrons. The van der Waals surface area contributed by atoms with E-state index in [1.807, 2.05) is 6.92 Å². The van der Waals surface area contributed by atoms with Gasteiger partial charge in [0.15, 0.2) is 0 Å². The van der Waals surface area contributed by atoms with Crippen molar-refractivity contribution in [2.24, 2.45) is 0 Å². The van der Waals surface area contributed by atoms with Crippen LogP contribution in [0.5, 0.6) is 0 Å². The third kappa shape index (κ3) is 6.08. The summed E-state index contributed by atoms with van der Waals surface area (Å²) in [7, 11) is 0. The van der Waals surface area contributed by atoms with Crippen LogP contribution in [0.15, 0.2) is 0 Å². The lowest BCUT2D eigenvalue weighted by Gasteiger charge is -2.25. The predicted molar refractivity (Wildman–Crippen MR) is 66.3 cm³/mol. The first-order chi connectivity index (χ1) is 7.69. The topological polar surface area (TPSA) is 43.8 Å². The van der Waals surface area contributed by atoms with Gasteiger partial charge in [0.2, 0.25) is 6.41 Å². The maximum atomic E-state index is 10.8. The van der Waals surface area contributed by atoms with E-state index in [1.54, 1.807) is 4.90 Å². The maximum absolute atomic E-state index is 10.8. The highest BCUT2D eigenvalue weighted by Crippen LogP contribution is 2.05. The van der Waals surface area contributed by atoms with Crippen LogP contribution in [0.1, 0.15) is 33.6 Å². The van der Waals surface area contributed by atoms with Crippen LogP contribution in [0.4, 0.5) is 0 Å². The Labute approximate surface area is 99.2 Å². The van der Waals surface area contributed by atoms with Crippen molar-refractivity contribution in [3.8, 4) is 0 Å². The molecule has 4 heteroatoms. The van der Waals surface area contributed by atoms with Crippen LogP contribution in [0.25, 0.3) is 0 Å². The van der Waals surface area contributed by atoms with Crippen molar-refractivity contribution in [2.45, 2.75) is 39.7 Å². The fourth-order valence-corrected chi connectivity index (χ4v) is 1.81. The van der Waals surface area contributed by atoms with Gasteiger partial charge in [0.05, 0.1) is 6.61 Å². The van der Waals surface area contributed by atoms with Crippen LogP contribution in [0.2, 0.25) is 0 Å². The zero-order valence-corrected chi connectivity index (χ0v) is 10.9. The molecule has 4 nitrogen and oxygen atoms in total. The lowest BCUT2D eigenvalue weighted by atomic mass is 10.1. The molecule has 1 unspecified atom stereocenters. The molecule has 1 atom stereocenters. The molecule has 0 saturated heterocycles. The summed E-state index contributed by atoms with van der Waals surface area (Å²) in [6.07, 6.45) is 2.92. The number of hydrogen-bond acceptors (Lipinski definition) is 3. The van der Waals surface area contributed by atoms with E-state index in [9.17, 15) is 4.79 Å². The second-order valence-corrected chi connectivity index (χ2v) is 4.08. The minimum absolute atomic E-state index is 0.0408. The first-order valence-corrected chi connectivity index (χ1v) is 6.23. The van der Waals surface area contributed by atoms with Gasteiger partial charge in [-0.15, -0.1) is 0 Å². The largest absolute Gasteiger partial charge is 0.395 e. The molecule has 0 spiro atoms. The van der Waals surface area contributed by atoms with E-state index >= 15 is 0 Å². The molecule has 0 saturated carbocycles. The molecule has 16 heavy (non-hydrogen) atoms. The summed E-state index contributed by atoms with van der Waals surface area (Å²) in [5.74, 6) is 0. The third-order valence-electron chi connectivity index (χ3n) is 3.05. The van der Waals surface area contributed by atoms with E-state index in [2.05, 4.69) is 18.7 Å². The Hall–Kier alpha value is -0.610. The zero-order chi connectivity index (χ0) is 12.4. The molecule has 96 valence electrons. The third-order valence-corrected chi connectivity index (χ3v) is 3.05. The van der Waals surface area contributed by atoms with Crippen LogP contribution in [-0.2, 0) is 4.79 Å². The standard InChI is InChI=1S/C12H26N2O2/c1-4-13(5-2)8-6-7-12(3)14(11-16)9-10-15/h11-12,15H,4-10H2,1-3H3. The zero-order valence-electron chi connectivity index (χ0n) is 10.9. The molecular formula is C12H26N2O2. The molecule has 0 fully saturated rings. The van der Waals surface area contributed by atoms with Gasteiger partial charge in [0.25, 0.3) is 0 Å². The molecule has 0 rings (SSSR count). The molecule has 0 aliphatic heterocycles. The van der Waals surface area contributed by atoms with Gasteiger partial charge in [-0.25, -0.2) is 0 Å². The number of hydrogen-bond donors (Lipinski definition) is 1. The summed E-state index contributed by atoms with van der Waals surface area (Å²) in [6, 6.07) is 0.222. The lowest BCUT2D eigenvalue weighted by molar-refractivity contribution is -0.120. The van der Waals surface area contributed by atoms with Crippen LogP contribution in [0, 0.1) is 0 Å². The van der Waals surface area contributed by atoms with Gasteiger partial charge in [0, 0.05) is 12.6 Å². The number of aliphatic hydroxyl groups excluding tert-OH is 1. The molecular weight excluding hydrogens is 204 g/mol. The summed E-state index contributed by atoms with van der Waals surface area (Å²) in [4.78, 5) is 14.8. The van der Waals surface area contributed by atoms with Gasteiger partial charge in [0.1, 0.15) is 0 Å². The van der Waals surface area contributed by atoms with E-state index in [-0.39, 0.29) is 12.6 Å². The summed E-state index contributed by atoms with van der Waals surface area (Å²) in [5.41, 5.74) is 0. The predicted octanol–water partition coefficient (Wildman–Crippen LogP) is 0.948. The summed E-state index contributed by atoms with van der Waals surface area (Å²) >= 11 is 0. The Kier molecular flexibility index (Phi) is 9.24. The molecule has 0 aliphatic rings. The number of rotatable bonds is 10. The second-order valence-electron chi connectivity index (χ2n) is 4.08. The average Bonchev–Trinajstić information content (AvgIpc) is 2.31. The van der Waals surface area contributed by atoms with Gasteiger partial charge in [-0.3, -0.25) is 4.79 Å². The van der Waals surface area contributed by atoms with E-state index in [0.717, 1.165) is 38.9 Å². The fourth-order valence-electron chi connectivity index (χ4n) is 1.81. The first-order valence-electron chi connectivity index (χ1n) is 6.23. The van der Waals surface area contributed by atoms with Crippen LogP contribution < -0.4 is 0 Å². The van der Waals surface area contributed by atoms with Crippen LogP contribution in [-0.4, -0.2) is 60.1 Å². The van der Waals surface area contributed by atoms with Crippen molar-refractivity contribution >= 4 is 6.41 Å². The monoisotopic (exact) mass is 230 g/mol. The van der Waals surface area contributed by atoms with Gasteiger partial charge in [-0.2, -0.15) is 0 Å². The van der Waals surface area contributed by atoms with Crippen molar-refractivity contribution in [1.82, 2.24) is 9.80 Å². The summed E-state index contributed by atoms with van der Waals surface area (Å²) in [6.45, 7) is 10.1. The Morgan fingerprint density at radius 1 is 1.25 bits per heavy atom. The molecule has 1 N–H and O–H groups in total. The van der Waals surface area contributed by atoms with Gasteiger partial charge in [-0.1, -0.05) is 13.8 Å². The van der Waals surface area contributed by atoms with E-state index in [1.165, 1.54) is 0 Å². The highest BCUT2D eigenvalue weighted by atomic mass is 16.3. The van der Waals surface area contributed by atoms with Gasteiger partial charge < -0.3 is 14.9 Å². The average molecular weight is 230 g/mol. The molecule has 0 bridgehead atoms. The maximum Gasteiger partial charge on any atom is 0.210 e. The van der Waals surface area contributed by atoms with Crippen molar-refractivity contribution < 1.29 is 9.90 Å². The number of nitrogens with zero attached hydrogens (tertiary/aromatic N) is 2. The Morgan fingerprint density at radius 2 is 1.88 bits per heavy atom. The number of aliphatic hydroxyl groups is 1. The molecule has 0 aliphatic carbocycles. The van der Waals surface area contributed by atoms with E-state index < -0.39 is 0 Å². The second kappa shape index (κ2) is 9.60. The SMILES string of the molecule is CCN(CC)CCCC(C)N(C=O)CCO. The van der Waals surface area contributed by atoms with Crippen molar-refractivity contribution in [3.63, 3.8) is 0 Å². The van der Waals surface area contributed by atoms with Crippen molar-refractivity contribution in [1.29, 1.82) is 0 Å². The summed E-state index contributed by atoms with van der Waals surface area (Å²) < 4.78 is 0. The number of amides is 1. The number of carbonyl (C=O) groups excluding carboxylic acids is 1. The molecule has 1 amide bonds. The van der Waals surface area contributed by atoms with Crippen LogP contribution in [0.3, 0.4) is 0 Å². The number of carbonyl (C=O) groups is 1. The Morgan fingerprint density at radius 3 is 2.31 bits per heavy atom. The molecule has 0 aromatic carbocycles. The highest BCUT2D eigenvalue weighted by Gasteiger charge is 2.10. The van der Waals surface area contributed by atoms with Gasteiger partial charge in [-0.05, 0) is 39.4 Å². The molecule has 0 aromatic rings. The smallest absolute Gasteiger partial charge is 0.210 e. The lowest BCUT2D eigenvalue weighted by Crippen LogP contribution is -2.35. The van der Waals surface area contributed by atoms with Gasteiger partial charge >= 0.3 is 0 Å². The fraction of sp³-hybridized carbons (Fsp3) is 0.917. The van der Waals surface area contributed by atoms with E-state index in [4.69, 9.17) is 5.11 Å². The van der Waals surface area contributed by atoms with E-state index in [0.29, 0.717) is 6.54 Å². The minimum Gasteiger partial charge on any atom is -0.395 e. The molecule has 0 aromatic heterocycles. The normalized spacial score (nSPS) is 12.8. The van der Waals surface area contributed by atoms with Crippen molar-refractivity contribution in [2.75, 3.05) is 32.8 Å². The Bertz CT molecular complexity index is 172. The first kappa shape index (κ1) is 15.4. The Balaban J connectivity index is 3.77.